The second kappa shape index (κ2) is 3.90. The van der Waals surface area contributed by atoms with Crippen molar-refractivity contribution >= 4 is 0 Å². The summed E-state index contributed by atoms with van der Waals surface area (Å²) in [5.74, 6) is 6.10. The zero-order valence-electron chi connectivity index (χ0n) is 7.79. The van der Waals surface area contributed by atoms with E-state index in [1.54, 1.807) is 0 Å². The van der Waals surface area contributed by atoms with E-state index in [1.807, 2.05) is 0 Å². The Balaban J connectivity index is 2.11. The van der Waals surface area contributed by atoms with Gasteiger partial charge in [0.05, 0.1) is 0 Å². The van der Waals surface area contributed by atoms with Gasteiger partial charge < -0.3 is 0 Å². The van der Waals surface area contributed by atoms with Crippen LogP contribution in [0.4, 0.5) is 0 Å². The number of nitrogens with two attached hydrogens (primary N) is 1. The maximum absolute atomic E-state index is 5.28. The molecule has 0 spiro atoms. The number of rotatable bonds is 3. The Hall–Kier alpha value is -0.860. The monoisotopic (exact) mass is 176 g/mol. The molecule has 1 aliphatic rings. The summed E-state index contributed by atoms with van der Waals surface area (Å²) in [5, 5.41) is 0. The molecule has 3 N–H and O–H groups in total. The molecule has 1 fully saturated rings. The minimum Gasteiger partial charge on any atom is -0.271 e. The molecular weight excluding hydrogens is 160 g/mol. The summed E-state index contributed by atoms with van der Waals surface area (Å²) in [6, 6.07) is 8.73. The highest BCUT2D eigenvalue weighted by Crippen LogP contribution is 2.36. The molecule has 2 nitrogen and oxygen atoms in total. The van der Waals surface area contributed by atoms with Crippen LogP contribution in [0.1, 0.15) is 36.3 Å². The normalized spacial score (nSPS) is 17.0. The fraction of sp³-hybridized carbons (Fsp3) is 0.455. The van der Waals surface area contributed by atoms with Crippen molar-refractivity contribution in [3.05, 3.63) is 35.4 Å². The molecule has 0 aliphatic heterocycles. The van der Waals surface area contributed by atoms with Gasteiger partial charge in [0, 0.05) is 6.54 Å². The van der Waals surface area contributed by atoms with E-state index in [0.717, 1.165) is 12.5 Å². The molecule has 1 saturated carbocycles. The third kappa shape index (κ3) is 1.90. The van der Waals surface area contributed by atoms with Crippen molar-refractivity contribution in [3.8, 4) is 0 Å². The molecule has 1 aromatic carbocycles. The Bertz CT molecular complexity index is 279. The first-order chi connectivity index (χ1) is 6.40. The van der Waals surface area contributed by atoms with E-state index in [1.165, 1.54) is 30.4 Å². The van der Waals surface area contributed by atoms with Crippen molar-refractivity contribution in [2.45, 2.75) is 31.7 Å². The van der Waals surface area contributed by atoms with Gasteiger partial charge in [0.2, 0.25) is 0 Å². The minimum absolute atomic E-state index is 0.764. The molecule has 13 heavy (non-hydrogen) atoms. The van der Waals surface area contributed by atoms with Gasteiger partial charge >= 0.3 is 0 Å². The average molecular weight is 176 g/mol. The van der Waals surface area contributed by atoms with Crippen molar-refractivity contribution < 1.29 is 0 Å². The molecule has 1 aliphatic carbocycles. The van der Waals surface area contributed by atoms with E-state index in [2.05, 4.69) is 29.7 Å². The van der Waals surface area contributed by atoms with Crippen molar-refractivity contribution in [1.29, 1.82) is 0 Å². The lowest BCUT2D eigenvalue weighted by atomic mass is 9.80. The number of hydrogen-bond acceptors (Lipinski definition) is 2. The van der Waals surface area contributed by atoms with E-state index in [0.29, 0.717) is 0 Å². The molecule has 0 saturated heterocycles. The van der Waals surface area contributed by atoms with Crippen LogP contribution in [-0.4, -0.2) is 0 Å². The number of hydrazine groups is 1. The summed E-state index contributed by atoms with van der Waals surface area (Å²) in [5.41, 5.74) is 5.46. The van der Waals surface area contributed by atoms with Crippen LogP contribution in [0, 0.1) is 0 Å². The Morgan fingerprint density at radius 1 is 1.38 bits per heavy atom. The SMILES string of the molecule is NNCc1cccc(C2CCC2)c1. The van der Waals surface area contributed by atoms with Crippen LogP contribution in [0.5, 0.6) is 0 Å². The molecule has 2 rings (SSSR count). The van der Waals surface area contributed by atoms with E-state index in [9.17, 15) is 0 Å². The molecule has 0 radical (unpaired) electrons. The van der Waals surface area contributed by atoms with Gasteiger partial charge in [-0.1, -0.05) is 30.7 Å². The maximum Gasteiger partial charge on any atom is 0.0348 e. The zero-order valence-corrected chi connectivity index (χ0v) is 7.79. The van der Waals surface area contributed by atoms with Gasteiger partial charge in [0.25, 0.3) is 0 Å². The first-order valence-corrected chi connectivity index (χ1v) is 4.92. The molecule has 2 heteroatoms. The third-order valence-electron chi connectivity index (χ3n) is 2.83. The molecule has 0 heterocycles. The molecule has 1 aromatic rings. The average Bonchev–Trinajstić information content (AvgIpc) is 2.02. The molecule has 70 valence electrons. The van der Waals surface area contributed by atoms with Crippen LogP contribution < -0.4 is 11.3 Å². The van der Waals surface area contributed by atoms with Gasteiger partial charge in [-0.05, 0) is 29.9 Å². The van der Waals surface area contributed by atoms with Crippen molar-refractivity contribution in [3.63, 3.8) is 0 Å². The highest BCUT2D eigenvalue weighted by molar-refractivity contribution is 5.27. The standard InChI is InChI=1S/C11H16N2/c12-13-8-9-3-1-6-11(7-9)10-4-2-5-10/h1,3,6-7,10,13H,2,4-5,8,12H2. The first kappa shape index (κ1) is 8.73. The zero-order chi connectivity index (χ0) is 9.10. The van der Waals surface area contributed by atoms with Crippen molar-refractivity contribution in [2.24, 2.45) is 5.84 Å². The van der Waals surface area contributed by atoms with Crippen LogP contribution in [0.15, 0.2) is 24.3 Å². The van der Waals surface area contributed by atoms with Crippen LogP contribution in [-0.2, 0) is 6.54 Å². The second-order valence-corrected chi connectivity index (χ2v) is 3.75. The fourth-order valence-electron chi connectivity index (χ4n) is 1.82. The summed E-state index contributed by atoms with van der Waals surface area (Å²) in [4.78, 5) is 0. The van der Waals surface area contributed by atoms with Gasteiger partial charge in [-0.15, -0.1) is 0 Å². The lowest BCUT2D eigenvalue weighted by Crippen LogP contribution is -2.21. The van der Waals surface area contributed by atoms with Gasteiger partial charge in [-0.25, -0.2) is 0 Å². The first-order valence-electron chi connectivity index (χ1n) is 4.92. The largest absolute Gasteiger partial charge is 0.271 e. The van der Waals surface area contributed by atoms with Gasteiger partial charge in [-0.2, -0.15) is 0 Å². The summed E-state index contributed by atoms with van der Waals surface area (Å²) in [6.07, 6.45) is 4.11. The Morgan fingerprint density at radius 2 is 2.23 bits per heavy atom. The predicted molar refractivity (Wildman–Crippen MR) is 54.1 cm³/mol. The summed E-state index contributed by atoms with van der Waals surface area (Å²) < 4.78 is 0. The Morgan fingerprint density at radius 3 is 2.85 bits per heavy atom. The molecule has 0 unspecified atom stereocenters. The molecule has 0 bridgehead atoms. The summed E-state index contributed by atoms with van der Waals surface area (Å²) >= 11 is 0. The second-order valence-electron chi connectivity index (χ2n) is 3.75. The number of nitrogens with one attached hydrogen (secondary N) is 1. The predicted octanol–water partition coefficient (Wildman–Crippen LogP) is 1.92. The molecule has 0 aromatic heterocycles. The van der Waals surface area contributed by atoms with Crippen LogP contribution in [0.3, 0.4) is 0 Å². The van der Waals surface area contributed by atoms with E-state index in [-0.39, 0.29) is 0 Å². The Labute approximate surface area is 79.1 Å². The topological polar surface area (TPSA) is 38.0 Å². The molecular formula is C11H16N2. The van der Waals surface area contributed by atoms with E-state index < -0.39 is 0 Å². The van der Waals surface area contributed by atoms with Gasteiger partial charge in [0.1, 0.15) is 0 Å². The molecule has 0 amide bonds. The minimum atomic E-state index is 0.764. The fourth-order valence-corrected chi connectivity index (χ4v) is 1.82. The number of hydrogen-bond donors (Lipinski definition) is 2. The third-order valence-corrected chi connectivity index (χ3v) is 2.83. The maximum atomic E-state index is 5.28. The number of benzene rings is 1. The smallest absolute Gasteiger partial charge is 0.0348 e. The van der Waals surface area contributed by atoms with E-state index >= 15 is 0 Å². The Kier molecular flexibility index (Phi) is 2.62. The van der Waals surface area contributed by atoms with Crippen molar-refractivity contribution in [2.75, 3.05) is 0 Å². The lowest BCUT2D eigenvalue weighted by molar-refractivity contribution is 0.419. The quantitative estimate of drug-likeness (QED) is 0.545. The van der Waals surface area contributed by atoms with E-state index in [4.69, 9.17) is 5.84 Å². The highest BCUT2D eigenvalue weighted by atomic mass is 15.2. The van der Waals surface area contributed by atoms with Crippen LogP contribution in [0.2, 0.25) is 0 Å². The molecule has 0 atom stereocenters. The van der Waals surface area contributed by atoms with Crippen LogP contribution >= 0.6 is 0 Å². The van der Waals surface area contributed by atoms with Gasteiger partial charge in [0.15, 0.2) is 0 Å². The van der Waals surface area contributed by atoms with Crippen LogP contribution in [0.25, 0.3) is 0 Å². The summed E-state index contributed by atoms with van der Waals surface area (Å²) in [6.45, 7) is 0.764. The lowest BCUT2D eigenvalue weighted by Gasteiger charge is -2.26. The van der Waals surface area contributed by atoms with Gasteiger partial charge in [-0.3, -0.25) is 11.3 Å². The summed E-state index contributed by atoms with van der Waals surface area (Å²) in [7, 11) is 0. The highest BCUT2D eigenvalue weighted by Gasteiger charge is 2.18. The van der Waals surface area contributed by atoms with Crippen molar-refractivity contribution in [1.82, 2.24) is 5.43 Å².